The van der Waals surface area contributed by atoms with Gasteiger partial charge in [0.15, 0.2) is 0 Å². The zero-order valence-corrected chi connectivity index (χ0v) is 17.3. The van der Waals surface area contributed by atoms with Gasteiger partial charge >= 0.3 is 13.6 Å². The fourth-order valence-corrected chi connectivity index (χ4v) is 4.30. The number of Topliss-reactive ketones (excluding diaryl/α,β-unsaturated/α-hetero) is 2. The lowest BCUT2D eigenvalue weighted by molar-refractivity contribution is -0.130. The molecule has 0 aliphatic heterocycles. The van der Waals surface area contributed by atoms with Crippen molar-refractivity contribution in [2.75, 3.05) is 19.8 Å². The maximum absolute atomic E-state index is 12.8. The topological polar surface area (TPSA) is 109 Å². The number of hydrogen-bond acceptors (Lipinski definition) is 8. The SMILES string of the molecule is CCOC(=O)c1coc(CP(=O)(OCC)OCC)c1CC(C(C)=O)C(C)=O. The second-order valence-corrected chi connectivity index (χ2v) is 7.91. The van der Waals surface area contributed by atoms with Crippen molar-refractivity contribution in [3.63, 3.8) is 0 Å². The summed E-state index contributed by atoms with van der Waals surface area (Å²) in [5, 5.41) is 0. The van der Waals surface area contributed by atoms with Gasteiger partial charge in [0.25, 0.3) is 0 Å². The van der Waals surface area contributed by atoms with Crippen LogP contribution in [0.1, 0.15) is 56.3 Å². The lowest BCUT2D eigenvalue weighted by Gasteiger charge is -2.17. The van der Waals surface area contributed by atoms with Crippen molar-refractivity contribution in [1.82, 2.24) is 0 Å². The van der Waals surface area contributed by atoms with Gasteiger partial charge in [-0.1, -0.05) is 0 Å². The average molecular weight is 402 g/mol. The third kappa shape index (κ3) is 6.41. The summed E-state index contributed by atoms with van der Waals surface area (Å²) >= 11 is 0. The van der Waals surface area contributed by atoms with E-state index in [4.69, 9.17) is 18.2 Å². The Kier molecular flexibility index (Phi) is 9.09. The Morgan fingerprint density at radius 2 is 1.59 bits per heavy atom. The van der Waals surface area contributed by atoms with Crippen LogP contribution >= 0.6 is 7.60 Å². The summed E-state index contributed by atoms with van der Waals surface area (Å²) in [6.45, 7) is 8.12. The Morgan fingerprint density at radius 3 is 2.04 bits per heavy atom. The van der Waals surface area contributed by atoms with Crippen molar-refractivity contribution in [3.8, 4) is 0 Å². The molecule has 1 heterocycles. The van der Waals surface area contributed by atoms with Crippen LogP contribution in [0.25, 0.3) is 0 Å². The van der Waals surface area contributed by atoms with E-state index in [9.17, 15) is 18.9 Å². The summed E-state index contributed by atoms with van der Waals surface area (Å²) in [5.41, 5.74) is 0.405. The Labute approximate surface area is 159 Å². The van der Waals surface area contributed by atoms with E-state index in [1.54, 1.807) is 20.8 Å². The third-order valence-electron chi connectivity index (χ3n) is 3.85. The molecule has 9 heteroatoms. The van der Waals surface area contributed by atoms with E-state index in [-0.39, 0.29) is 55.3 Å². The van der Waals surface area contributed by atoms with Gasteiger partial charge in [-0.2, -0.15) is 0 Å². The predicted molar refractivity (Wildman–Crippen MR) is 97.8 cm³/mol. The summed E-state index contributed by atoms with van der Waals surface area (Å²) in [6, 6.07) is 0. The molecule has 0 N–H and O–H groups in total. The fourth-order valence-electron chi connectivity index (χ4n) is 2.63. The molecule has 1 aromatic rings. The molecule has 1 rings (SSSR count). The van der Waals surface area contributed by atoms with Gasteiger partial charge in [0.1, 0.15) is 35.3 Å². The van der Waals surface area contributed by atoms with Crippen LogP contribution < -0.4 is 0 Å². The number of ether oxygens (including phenoxy) is 1. The summed E-state index contributed by atoms with van der Waals surface area (Å²) in [4.78, 5) is 35.9. The first-order chi connectivity index (χ1) is 12.7. The minimum absolute atomic E-state index is 0.0527. The molecule has 0 aromatic carbocycles. The van der Waals surface area contributed by atoms with E-state index in [2.05, 4.69) is 0 Å². The second-order valence-electron chi connectivity index (χ2n) is 5.85. The molecule has 0 fully saturated rings. The lowest BCUT2D eigenvalue weighted by Crippen LogP contribution is -2.23. The fraction of sp³-hybridized carbons (Fsp3) is 0.611. The van der Waals surface area contributed by atoms with Gasteiger partial charge in [-0.15, -0.1) is 0 Å². The van der Waals surface area contributed by atoms with Crippen molar-refractivity contribution in [1.29, 1.82) is 0 Å². The highest BCUT2D eigenvalue weighted by Crippen LogP contribution is 2.52. The highest BCUT2D eigenvalue weighted by Gasteiger charge is 2.33. The molecule has 27 heavy (non-hydrogen) atoms. The van der Waals surface area contributed by atoms with Crippen molar-refractivity contribution < 1.29 is 37.2 Å². The highest BCUT2D eigenvalue weighted by atomic mass is 31.2. The first-order valence-electron chi connectivity index (χ1n) is 8.84. The number of esters is 1. The average Bonchev–Trinajstić information content (AvgIpc) is 2.94. The van der Waals surface area contributed by atoms with Crippen LogP contribution in [0.2, 0.25) is 0 Å². The molecule has 0 aliphatic rings. The molecule has 0 aliphatic carbocycles. The third-order valence-corrected chi connectivity index (χ3v) is 5.83. The molecule has 0 saturated carbocycles. The van der Waals surface area contributed by atoms with Crippen LogP contribution in [0.5, 0.6) is 0 Å². The quantitative estimate of drug-likeness (QED) is 0.297. The number of carbonyl (C=O) groups excluding carboxylic acids is 3. The lowest BCUT2D eigenvalue weighted by atomic mass is 9.91. The highest BCUT2D eigenvalue weighted by molar-refractivity contribution is 7.53. The van der Waals surface area contributed by atoms with Crippen molar-refractivity contribution in [2.24, 2.45) is 5.92 Å². The van der Waals surface area contributed by atoms with E-state index in [1.165, 1.54) is 20.1 Å². The smallest absolute Gasteiger partial charge is 0.341 e. The van der Waals surface area contributed by atoms with Crippen LogP contribution in [0.3, 0.4) is 0 Å². The molecule has 152 valence electrons. The van der Waals surface area contributed by atoms with Gasteiger partial charge in [-0.05, 0) is 41.0 Å². The number of ketones is 2. The summed E-state index contributed by atoms with van der Waals surface area (Å²) in [5.74, 6) is -2.07. The van der Waals surface area contributed by atoms with Gasteiger partial charge in [-0.25, -0.2) is 4.79 Å². The Morgan fingerprint density at radius 1 is 1.04 bits per heavy atom. The van der Waals surface area contributed by atoms with E-state index < -0.39 is 19.5 Å². The summed E-state index contributed by atoms with van der Waals surface area (Å²) in [6.07, 6.45) is 0.914. The van der Waals surface area contributed by atoms with E-state index in [1.807, 2.05) is 0 Å². The minimum atomic E-state index is -3.51. The number of rotatable bonds is 12. The van der Waals surface area contributed by atoms with Crippen molar-refractivity contribution in [2.45, 2.75) is 47.2 Å². The summed E-state index contributed by atoms with van der Waals surface area (Å²) < 4.78 is 33.8. The maximum atomic E-state index is 12.8. The van der Waals surface area contributed by atoms with Crippen LogP contribution in [-0.2, 0) is 40.5 Å². The minimum Gasteiger partial charge on any atom is -0.467 e. The standard InChI is InChI=1S/C18H27O8P/c1-6-23-18(21)16-10-24-17(11-27(22,25-7-2)26-8-3)15(16)9-14(12(4)19)13(5)20/h10,14H,6-9,11H2,1-5H3. The van der Waals surface area contributed by atoms with Crippen LogP contribution in [0, 0.1) is 5.92 Å². The number of hydrogen-bond donors (Lipinski definition) is 0. The molecular weight excluding hydrogens is 375 g/mol. The predicted octanol–water partition coefficient (Wildman–Crippen LogP) is 3.56. The summed E-state index contributed by atoms with van der Waals surface area (Å²) in [7, 11) is -3.51. The molecule has 8 nitrogen and oxygen atoms in total. The van der Waals surface area contributed by atoms with Crippen molar-refractivity contribution >= 4 is 25.1 Å². The number of furan rings is 1. The molecule has 0 radical (unpaired) electrons. The van der Waals surface area contributed by atoms with Crippen LogP contribution in [0.15, 0.2) is 10.7 Å². The monoisotopic (exact) mass is 402 g/mol. The maximum Gasteiger partial charge on any atom is 0.341 e. The van der Waals surface area contributed by atoms with Crippen molar-refractivity contribution in [3.05, 3.63) is 23.2 Å². The second kappa shape index (κ2) is 10.5. The molecule has 1 aromatic heterocycles. The van der Waals surface area contributed by atoms with Crippen LogP contribution in [0.4, 0.5) is 0 Å². The van der Waals surface area contributed by atoms with E-state index in [0.29, 0.717) is 5.56 Å². The van der Waals surface area contributed by atoms with E-state index >= 15 is 0 Å². The normalized spacial score (nSPS) is 11.6. The molecule has 0 saturated heterocycles. The molecular formula is C18H27O8P. The first kappa shape index (κ1) is 23.3. The Hall–Kier alpha value is -1.76. The zero-order chi connectivity index (χ0) is 20.6. The Balaban J connectivity index is 3.35. The molecule has 0 atom stereocenters. The largest absolute Gasteiger partial charge is 0.467 e. The molecule has 0 amide bonds. The molecule has 0 unspecified atom stereocenters. The molecule has 0 spiro atoms. The first-order valence-corrected chi connectivity index (χ1v) is 10.6. The van der Waals surface area contributed by atoms with E-state index in [0.717, 1.165) is 0 Å². The van der Waals surface area contributed by atoms with Gasteiger partial charge in [0.2, 0.25) is 0 Å². The van der Waals surface area contributed by atoms with Gasteiger partial charge in [-0.3, -0.25) is 14.2 Å². The van der Waals surface area contributed by atoms with Gasteiger partial charge in [0, 0.05) is 5.56 Å². The Bertz CT molecular complexity index is 697. The number of carbonyl (C=O) groups is 3. The van der Waals surface area contributed by atoms with Gasteiger partial charge in [0.05, 0.1) is 25.7 Å². The van der Waals surface area contributed by atoms with Gasteiger partial charge < -0.3 is 18.2 Å². The zero-order valence-electron chi connectivity index (χ0n) is 16.4. The van der Waals surface area contributed by atoms with Crippen LogP contribution in [-0.4, -0.2) is 37.4 Å². The molecule has 0 bridgehead atoms.